The van der Waals surface area contributed by atoms with Crippen molar-refractivity contribution in [3.8, 4) is 11.3 Å². The molecule has 1 unspecified atom stereocenters. The van der Waals surface area contributed by atoms with E-state index in [9.17, 15) is 14.7 Å². The van der Waals surface area contributed by atoms with Crippen LogP contribution >= 0.6 is 11.3 Å². The van der Waals surface area contributed by atoms with Gasteiger partial charge in [-0.25, -0.2) is 4.98 Å². The van der Waals surface area contributed by atoms with Crippen LogP contribution in [0.2, 0.25) is 0 Å². The van der Waals surface area contributed by atoms with Crippen molar-refractivity contribution in [1.82, 2.24) is 9.97 Å². The van der Waals surface area contributed by atoms with Crippen LogP contribution in [0.5, 0.6) is 0 Å². The Morgan fingerprint density at radius 2 is 2.16 bits per heavy atom. The smallest absolute Gasteiger partial charge is 0.312 e. The molecule has 0 saturated heterocycles. The summed E-state index contributed by atoms with van der Waals surface area (Å²) in [6.07, 6.45) is 1.75. The van der Waals surface area contributed by atoms with Gasteiger partial charge < -0.3 is 15.0 Å². The number of thiazole rings is 1. The molecular formula is C18H15N3O3S. The van der Waals surface area contributed by atoms with E-state index >= 15 is 0 Å². The number of carbonyl (C=O) groups excluding carboxylic acids is 1. The molecule has 0 aliphatic carbocycles. The van der Waals surface area contributed by atoms with Gasteiger partial charge in [0.2, 0.25) is 0 Å². The molecule has 7 heteroatoms. The number of amides is 1. The normalized spacial score (nSPS) is 16.0. The number of hydrogen-bond acceptors (Lipinski definition) is 4. The van der Waals surface area contributed by atoms with Gasteiger partial charge in [0.05, 0.1) is 10.7 Å². The van der Waals surface area contributed by atoms with Crippen molar-refractivity contribution < 1.29 is 14.7 Å². The van der Waals surface area contributed by atoms with E-state index in [0.29, 0.717) is 16.9 Å². The van der Waals surface area contributed by atoms with Gasteiger partial charge in [0.1, 0.15) is 11.6 Å². The number of nitrogens with one attached hydrogen (secondary N) is 1. The van der Waals surface area contributed by atoms with E-state index in [4.69, 9.17) is 0 Å². The Balaban J connectivity index is 1.66. The Bertz CT molecular complexity index is 975. The van der Waals surface area contributed by atoms with Gasteiger partial charge in [0.25, 0.3) is 5.91 Å². The zero-order valence-electron chi connectivity index (χ0n) is 13.4. The molecule has 0 saturated carbocycles. The fourth-order valence-corrected chi connectivity index (χ4v) is 3.74. The molecule has 3 aromatic rings. The molecule has 1 atom stereocenters. The molecule has 1 aliphatic rings. The minimum Gasteiger partial charge on any atom is -0.481 e. The van der Waals surface area contributed by atoms with E-state index in [-0.39, 0.29) is 12.5 Å². The number of hydrogen-bond donors (Lipinski definition) is 2. The van der Waals surface area contributed by atoms with Gasteiger partial charge in [-0.3, -0.25) is 9.59 Å². The Morgan fingerprint density at radius 1 is 1.36 bits per heavy atom. The Kier molecular flexibility index (Phi) is 3.65. The summed E-state index contributed by atoms with van der Waals surface area (Å²) < 4.78 is 0. The molecule has 2 aromatic heterocycles. The SMILES string of the molecule is Cc1nc(-c2c[nH]c(C(=O)N3CC(C(=O)O)c4ccccc43)c2)cs1. The summed E-state index contributed by atoms with van der Waals surface area (Å²) in [7, 11) is 0. The number of aliphatic carboxylic acids is 1. The van der Waals surface area contributed by atoms with Crippen molar-refractivity contribution in [2.45, 2.75) is 12.8 Å². The lowest BCUT2D eigenvalue weighted by atomic mass is 10.0. The summed E-state index contributed by atoms with van der Waals surface area (Å²) in [5.74, 6) is -1.86. The van der Waals surface area contributed by atoms with Crippen molar-refractivity contribution in [3.05, 3.63) is 58.2 Å². The number of aromatic amines is 1. The number of carbonyl (C=O) groups is 2. The van der Waals surface area contributed by atoms with Crippen molar-refractivity contribution in [3.63, 3.8) is 0 Å². The number of anilines is 1. The van der Waals surface area contributed by atoms with Crippen LogP contribution < -0.4 is 4.90 Å². The highest BCUT2D eigenvalue weighted by Crippen LogP contribution is 2.37. The number of aromatic nitrogens is 2. The molecule has 1 aliphatic heterocycles. The number of carboxylic acid groups (broad SMARTS) is 1. The van der Waals surface area contributed by atoms with Crippen molar-refractivity contribution >= 4 is 28.9 Å². The van der Waals surface area contributed by atoms with Crippen LogP contribution in [0.15, 0.2) is 41.9 Å². The fourth-order valence-electron chi connectivity index (χ4n) is 3.12. The molecule has 126 valence electrons. The van der Waals surface area contributed by atoms with Crippen LogP contribution in [0, 0.1) is 6.92 Å². The van der Waals surface area contributed by atoms with Crippen LogP contribution in [-0.4, -0.2) is 33.5 Å². The predicted octanol–water partition coefficient (Wildman–Crippen LogP) is 3.28. The second-order valence-electron chi connectivity index (χ2n) is 5.92. The molecule has 0 spiro atoms. The lowest BCUT2D eigenvalue weighted by Gasteiger charge is -2.16. The van der Waals surface area contributed by atoms with Gasteiger partial charge >= 0.3 is 5.97 Å². The minimum atomic E-state index is -0.923. The molecule has 0 fully saturated rings. The lowest BCUT2D eigenvalue weighted by molar-refractivity contribution is -0.138. The van der Waals surface area contributed by atoms with E-state index in [0.717, 1.165) is 16.3 Å². The van der Waals surface area contributed by atoms with E-state index in [1.807, 2.05) is 18.4 Å². The second-order valence-corrected chi connectivity index (χ2v) is 6.98. The fraction of sp³-hybridized carbons (Fsp3) is 0.167. The zero-order valence-corrected chi connectivity index (χ0v) is 14.2. The molecular weight excluding hydrogens is 338 g/mol. The quantitative estimate of drug-likeness (QED) is 0.757. The second kappa shape index (κ2) is 5.86. The number of fused-ring (bicyclic) bond motifs is 1. The maximum atomic E-state index is 12.9. The monoisotopic (exact) mass is 353 g/mol. The molecule has 0 bridgehead atoms. The first-order valence-electron chi connectivity index (χ1n) is 7.79. The summed E-state index contributed by atoms with van der Waals surface area (Å²) in [6.45, 7) is 2.07. The van der Waals surface area contributed by atoms with Crippen molar-refractivity contribution in [2.24, 2.45) is 0 Å². The van der Waals surface area contributed by atoms with E-state index < -0.39 is 11.9 Å². The molecule has 2 N–H and O–H groups in total. The topological polar surface area (TPSA) is 86.3 Å². The summed E-state index contributed by atoms with van der Waals surface area (Å²) in [5, 5.41) is 12.3. The highest BCUT2D eigenvalue weighted by Gasteiger charge is 2.37. The summed E-state index contributed by atoms with van der Waals surface area (Å²) in [4.78, 5) is 33.4. The Labute approximate surface area is 147 Å². The van der Waals surface area contributed by atoms with E-state index in [1.165, 1.54) is 4.90 Å². The van der Waals surface area contributed by atoms with Crippen LogP contribution in [-0.2, 0) is 4.79 Å². The van der Waals surface area contributed by atoms with Crippen molar-refractivity contribution in [2.75, 3.05) is 11.4 Å². The van der Waals surface area contributed by atoms with Gasteiger partial charge in [-0.15, -0.1) is 11.3 Å². The third kappa shape index (κ3) is 2.62. The highest BCUT2D eigenvalue weighted by molar-refractivity contribution is 7.09. The first-order valence-corrected chi connectivity index (χ1v) is 8.67. The Morgan fingerprint density at radius 3 is 2.88 bits per heavy atom. The third-order valence-corrected chi connectivity index (χ3v) is 5.11. The number of H-pyrrole nitrogens is 1. The first-order chi connectivity index (χ1) is 12.0. The molecule has 6 nitrogen and oxygen atoms in total. The maximum Gasteiger partial charge on any atom is 0.312 e. The third-order valence-electron chi connectivity index (χ3n) is 4.34. The van der Waals surface area contributed by atoms with Crippen molar-refractivity contribution in [1.29, 1.82) is 0 Å². The van der Waals surface area contributed by atoms with Gasteiger partial charge in [-0.2, -0.15) is 0 Å². The van der Waals surface area contributed by atoms with E-state index in [1.54, 1.807) is 41.8 Å². The van der Waals surface area contributed by atoms with Gasteiger partial charge in [-0.05, 0) is 24.6 Å². The number of rotatable bonds is 3. The number of nitrogens with zero attached hydrogens (tertiary/aromatic N) is 2. The summed E-state index contributed by atoms with van der Waals surface area (Å²) >= 11 is 1.55. The molecule has 1 amide bonds. The standard InChI is InChI=1S/C18H15N3O3S/c1-10-20-15(9-25-10)11-6-14(19-7-11)17(22)21-8-13(18(23)24)12-4-2-3-5-16(12)21/h2-7,9,13,19H,8H2,1H3,(H,23,24). The molecule has 0 radical (unpaired) electrons. The van der Waals surface area contributed by atoms with Crippen LogP contribution in [0.3, 0.4) is 0 Å². The highest BCUT2D eigenvalue weighted by atomic mass is 32.1. The number of para-hydroxylation sites is 1. The van der Waals surface area contributed by atoms with Crippen LogP contribution in [0.25, 0.3) is 11.3 Å². The predicted molar refractivity (Wildman–Crippen MR) is 95.1 cm³/mol. The zero-order chi connectivity index (χ0) is 17.6. The molecule has 4 rings (SSSR count). The molecule has 1 aromatic carbocycles. The Hall–Kier alpha value is -2.93. The number of carboxylic acids is 1. The lowest BCUT2D eigenvalue weighted by Crippen LogP contribution is -2.31. The summed E-state index contributed by atoms with van der Waals surface area (Å²) in [6, 6.07) is 8.90. The largest absolute Gasteiger partial charge is 0.481 e. The van der Waals surface area contributed by atoms with Gasteiger partial charge in [0.15, 0.2) is 0 Å². The van der Waals surface area contributed by atoms with E-state index in [2.05, 4.69) is 9.97 Å². The average Bonchev–Trinajstić information content (AvgIpc) is 3.31. The summed E-state index contributed by atoms with van der Waals surface area (Å²) in [5.41, 5.74) is 3.41. The van der Waals surface area contributed by atoms with Gasteiger partial charge in [0, 0.05) is 29.4 Å². The minimum absolute atomic E-state index is 0.137. The number of benzene rings is 1. The van der Waals surface area contributed by atoms with Crippen LogP contribution in [0.1, 0.15) is 27.0 Å². The molecule has 25 heavy (non-hydrogen) atoms. The van der Waals surface area contributed by atoms with Gasteiger partial charge in [-0.1, -0.05) is 18.2 Å². The molecule has 3 heterocycles. The number of aryl methyl sites for hydroxylation is 1. The first kappa shape index (κ1) is 15.6. The van der Waals surface area contributed by atoms with Crippen LogP contribution in [0.4, 0.5) is 5.69 Å². The maximum absolute atomic E-state index is 12.9. The average molecular weight is 353 g/mol.